The third-order valence-corrected chi connectivity index (χ3v) is 3.30. The molecule has 0 aliphatic rings. The van der Waals surface area contributed by atoms with E-state index in [2.05, 4.69) is 22.6 Å². The van der Waals surface area contributed by atoms with Crippen molar-refractivity contribution in [3.63, 3.8) is 0 Å². The number of hydrogen-bond acceptors (Lipinski definition) is 2. The van der Waals surface area contributed by atoms with E-state index < -0.39 is 0 Å². The SMILES string of the molecule is N=C(CCl)OCc1ccc(Cl)c(I)c1. The molecule has 0 amide bonds. The normalized spacial score (nSPS) is 9.93. The maximum atomic E-state index is 7.20. The minimum Gasteiger partial charge on any atom is -0.475 e. The standard InChI is InChI=1S/C9H8Cl2INO/c10-4-9(13)14-5-6-1-2-7(11)8(12)3-6/h1-3,13H,4-5H2. The van der Waals surface area contributed by atoms with Crippen molar-refractivity contribution in [3.05, 3.63) is 32.4 Å². The largest absolute Gasteiger partial charge is 0.475 e. The Morgan fingerprint density at radius 3 is 2.79 bits per heavy atom. The summed E-state index contributed by atoms with van der Waals surface area (Å²) in [6.07, 6.45) is 0. The van der Waals surface area contributed by atoms with Crippen LogP contribution in [-0.2, 0) is 11.3 Å². The Kier molecular flexibility index (Phi) is 4.98. The van der Waals surface area contributed by atoms with Crippen LogP contribution in [0.5, 0.6) is 0 Å². The number of halogens is 3. The summed E-state index contributed by atoms with van der Waals surface area (Å²) < 4.78 is 6.05. The average molecular weight is 344 g/mol. The predicted octanol–water partition coefficient (Wildman–Crippen LogP) is 3.68. The summed E-state index contributed by atoms with van der Waals surface area (Å²) >= 11 is 13.4. The van der Waals surface area contributed by atoms with Gasteiger partial charge in [0.15, 0.2) is 5.90 Å². The van der Waals surface area contributed by atoms with Gasteiger partial charge in [-0.25, -0.2) is 0 Å². The van der Waals surface area contributed by atoms with Gasteiger partial charge in [0.2, 0.25) is 0 Å². The van der Waals surface area contributed by atoms with Crippen LogP contribution in [0.3, 0.4) is 0 Å². The molecule has 76 valence electrons. The van der Waals surface area contributed by atoms with Gasteiger partial charge in [0.25, 0.3) is 0 Å². The Bertz CT molecular complexity index is 344. The van der Waals surface area contributed by atoms with Crippen LogP contribution in [0.2, 0.25) is 5.02 Å². The van der Waals surface area contributed by atoms with E-state index in [1.165, 1.54) is 0 Å². The molecule has 2 nitrogen and oxygen atoms in total. The predicted molar refractivity (Wildman–Crippen MR) is 67.4 cm³/mol. The van der Waals surface area contributed by atoms with Crippen LogP contribution in [0, 0.1) is 8.98 Å². The van der Waals surface area contributed by atoms with Crippen LogP contribution in [0.25, 0.3) is 0 Å². The fraction of sp³-hybridized carbons (Fsp3) is 0.222. The van der Waals surface area contributed by atoms with Crippen molar-refractivity contribution in [2.75, 3.05) is 5.88 Å². The lowest BCUT2D eigenvalue weighted by atomic mass is 10.2. The highest BCUT2D eigenvalue weighted by Gasteiger charge is 2.00. The molecule has 1 N–H and O–H groups in total. The number of nitrogens with one attached hydrogen (secondary N) is 1. The third kappa shape index (κ3) is 3.63. The number of ether oxygens (including phenoxy) is 1. The smallest absolute Gasteiger partial charge is 0.196 e. The first-order valence-electron chi connectivity index (χ1n) is 3.83. The highest BCUT2D eigenvalue weighted by atomic mass is 127. The molecule has 1 aromatic carbocycles. The highest BCUT2D eigenvalue weighted by Crippen LogP contribution is 2.19. The molecule has 0 heterocycles. The van der Waals surface area contributed by atoms with E-state index in [9.17, 15) is 0 Å². The van der Waals surface area contributed by atoms with Crippen molar-refractivity contribution in [3.8, 4) is 0 Å². The first-order chi connectivity index (χ1) is 6.63. The van der Waals surface area contributed by atoms with E-state index in [1.54, 1.807) is 0 Å². The van der Waals surface area contributed by atoms with Crippen LogP contribution in [0.1, 0.15) is 5.56 Å². The number of hydrogen-bond donors (Lipinski definition) is 1. The lowest BCUT2D eigenvalue weighted by Crippen LogP contribution is -2.04. The fourth-order valence-electron chi connectivity index (χ4n) is 0.838. The van der Waals surface area contributed by atoms with Crippen molar-refractivity contribution in [1.82, 2.24) is 0 Å². The molecule has 0 aliphatic carbocycles. The molecule has 0 aromatic heterocycles. The lowest BCUT2D eigenvalue weighted by molar-refractivity contribution is 0.287. The Labute approximate surface area is 106 Å². The summed E-state index contributed by atoms with van der Waals surface area (Å²) in [5, 5.41) is 7.92. The van der Waals surface area contributed by atoms with Gasteiger partial charge >= 0.3 is 0 Å². The molecule has 0 aliphatic heterocycles. The van der Waals surface area contributed by atoms with E-state index in [4.69, 9.17) is 33.3 Å². The summed E-state index contributed by atoms with van der Waals surface area (Å²) in [7, 11) is 0. The summed E-state index contributed by atoms with van der Waals surface area (Å²) in [5.74, 6) is 0.182. The second-order valence-electron chi connectivity index (χ2n) is 2.59. The van der Waals surface area contributed by atoms with Crippen molar-refractivity contribution in [2.45, 2.75) is 6.61 Å². The van der Waals surface area contributed by atoms with Gasteiger partial charge in [-0.1, -0.05) is 17.7 Å². The topological polar surface area (TPSA) is 33.1 Å². The van der Waals surface area contributed by atoms with Crippen molar-refractivity contribution >= 4 is 51.7 Å². The number of rotatable bonds is 3. The highest BCUT2D eigenvalue weighted by molar-refractivity contribution is 14.1. The van der Waals surface area contributed by atoms with Crippen LogP contribution in [-0.4, -0.2) is 11.8 Å². The molecule has 0 unspecified atom stereocenters. The fourth-order valence-corrected chi connectivity index (χ4v) is 1.61. The van der Waals surface area contributed by atoms with Crippen LogP contribution < -0.4 is 0 Å². The summed E-state index contributed by atoms with van der Waals surface area (Å²) in [6.45, 7) is 0.360. The lowest BCUT2D eigenvalue weighted by Gasteiger charge is -2.05. The monoisotopic (exact) mass is 343 g/mol. The molecule has 1 rings (SSSR count). The molecular formula is C9H8Cl2INO. The van der Waals surface area contributed by atoms with Gasteiger partial charge in [-0.3, -0.25) is 5.41 Å². The Morgan fingerprint density at radius 1 is 1.50 bits per heavy atom. The molecule has 0 bridgehead atoms. The molecular weight excluding hydrogens is 336 g/mol. The van der Waals surface area contributed by atoms with Gasteiger partial charge in [0, 0.05) is 3.57 Å². The van der Waals surface area contributed by atoms with Crippen molar-refractivity contribution in [1.29, 1.82) is 5.41 Å². The molecule has 0 spiro atoms. The Hall–Kier alpha value is -0.000000000000000111. The number of alkyl halides is 1. The van der Waals surface area contributed by atoms with Crippen LogP contribution >= 0.6 is 45.8 Å². The summed E-state index contributed by atoms with van der Waals surface area (Å²) in [6, 6.07) is 5.60. The minimum absolute atomic E-state index is 0.0802. The van der Waals surface area contributed by atoms with Gasteiger partial charge in [-0.15, -0.1) is 11.6 Å². The zero-order valence-corrected chi connectivity index (χ0v) is 10.9. The molecule has 14 heavy (non-hydrogen) atoms. The molecule has 1 aromatic rings. The van der Waals surface area contributed by atoms with Gasteiger partial charge < -0.3 is 4.74 Å². The number of benzene rings is 1. The molecule has 0 fully saturated rings. The molecule has 0 radical (unpaired) electrons. The zero-order chi connectivity index (χ0) is 10.6. The maximum absolute atomic E-state index is 7.20. The van der Waals surface area contributed by atoms with E-state index in [0.29, 0.717) is 6.61 Å². The van der Waals surface area contributed by atoms with Crippen LogP contribution in [0.15, 0.2) is 18.2 Å². The van der Waals surface area contributed by atoms with Gasteiger partial charge in [-0.05, 0) is 40.3 Å². The van der Waals surface area contributed by atoms with Gasteiger partial charge in [0.1, 0.15) is 6.61 Å². The van der Waals surface area contributed by atoms with Crippen molar-refractivity contribution < 1.29 is 4.74 Å². The van der Waals surface area contributed by atoms with Crippen LogP contribution in [0.4, 0.5) is 0 Å². The second-order valence-corrected chi connectivity index (χ2v) is 4.43. The molecule has 0 saturated heterocycles. The molecule has 5 heteroatoms. The quantitative estimate of drug-likeness (QED) is 0.386. The molecule has 0 atom stereocenters. The molecule has 0 saturated carbocycles. The average Bonchev–Trinajstić information content (AvgIpc) is 2.19. The van der Waals surface area contributed by atoms with E-state index >= 15 is 0 Å². The second kappa shape index (κ2) is 5.78. The van der Waals surface area contributed by atoms with Crippen molar-refractivity contribution in [2.24, 2.45) is 0 Å². The Morgan fingerprint density at radius 2 is 2.21 bits per heavy atom. The summed E-state index contributed by atoms with van der Waals surface area (Å²) in [4.78, 5) is 0. The summed E-state index contributed by atoms with van der Waals surface area (Å²) in [5.41, 5.74) is 0.980. The first kappa shape index (κ1) is 12.1. The third-order valence-electron chi connectivity index (χ3n) is 1.52. The minimum atomic E-state index is 0.0802. The van der Waals surface area contributed by atoms with E-state index in [-0.39, 0.29) is 11.8 Å². The maximum Gasteiger partial charge on any atom is 0.196 e. The van der Waals surface area contributed by atoms with Gasteiger partial charge in [-0.2, -0.15) is 0 Å². The zero-order valence-electron chi connectivity index (χ0n) is 7.19. The van der Waals surface area contributed by atoms with Gasteiger partial charge in [0.05, 0.1) is 10.9 Å². The first-order valence-corrected chi connectivity index (χ1v) is 5.82. The van der Waals surface area contributed by atoms with E-state index in [1.807, 2.05) is 18.2 Å². The Balaban J connectivity index is 2.60. The van der Waals surface area contributed by atoms with E-state index in [0.717, 1.165) is 14.2 Å².